The van der Waals surface area contributed by atoms with Gasteiger partial charge in [0, 0.05) is 12.6 Å². The third-order valence-electron chi connectivity index (χ3n) is 2.81. The summed E-state index contributed by atoms with van der Waals surface area (Å²) in [6, 6.07) is 6.20. The Morgan fingerprint density at radius 2 is 2.17 bits per heavy atom. The summed E-state index contributed by atoms with van der Waals surface area (Å²) in [5, 5.41) is 12.7. The Bertz CT molecular complexity index is 605. The Morgan fingerprint density at radius 3 is 2.72 bits per heavy atom. The molecule has 0 radical (unpaired) electrons. The van der Waals surface area contributed by atoms with Crippen LogP contribution in [0.25, 0.3) is 11.3 Å². The third-order valence-corrected chi connectivity index (χ3v) is 2.81. The average Bonchev–Trinajstić information content (AvgIpc) is 2.72. The summed E-state index contributed by atoms with van der Waals surface area (Å²) in [6.45, 7) is 1.98. The second-order valence-electron chi connectivity index (χ2n) is 4.01. The molecule has 0 atom stereocenters. The van der Waals surface area contributed by atoms with Crippen LogP contribution in [0.3, 0.4) is 0 Å². The Morgan fingerprint density at radius 1 is 1.44 bits per heavy atom. The van der Waals surface area contributed by atoms with Crippen LogP contribution < -0.4 is 0 Å². The van der Waals surface area contributed by atoms with Crippen molar-refractivity contribution < 1.29 is 14.3 Å². The molecule has 2 aromatic rings. The lowest BCUT2D eigenvalue weighted by Gasteiger charge is -2.05. The summed E-state index contributed by atoms with van der Waals surface area (Å²) in [4.78, 5) is 10.8. The van der Waals surface area contributed by atoms with E-state index >= 15 is 0 Å². The fraction of sp³-hybridized carbons (Fsp3) is 0.231. The quantitative estimate of drug-likeness (QED) is 0.907. The molecule has 2 rings (SSSR count). The number of hydrogen-bond acceptors (Lipinski definition) is 2. The van der Waals surface area contributed by atoms with E-state index in [0.29, 0.717) is 11.3 Å². The molecule has 1 aromatic carbocycles. The Hall–Kier alpha value is -2.17. The first-order chi connectivity index (χ1) is 8.52. The highest BCUT2D eigenvalue weighted by Gasteiger charge is 2.15. The predicted octanol–water partition coefficient (Wildman–Crippen LogP) is 2.49. The molecule has 0 aliphatic carbocycles. The lowest BCUT2D eigenvalue weighted by molar-refractivity contribution is 0.0689. The number of nitrogens with zero attached hydrogens (tertiary/aromatic N) is 2. The second kappa shape index (κ2) is 4.60. The van der Waals surface area contributed by atoms with Gasteiger partial charge in [0.1, 0.15) is 5.82 Å². The minimum Gasteiger partial charge on any atom is -0.476 e. The van der Waals surface area contributed by atoms with Crippen molar-refractivity contribution in [3.05, 3.63) is 41.3 Å². The molecule has 0 unspecified atom stereocenters. The molecule has 0 bridgehead atoms. The van der Waals surface area contributed by atoms with Gasteiger partial charge in [0.2, 0.25) is 0 Å². The maximum atomic E-state index is 13.8. The second-order valence-corrected chi connectivity index (χ2v) is 4.01. The molecule has 18 heavy (non-hydrogen) atoms. The lowest BCUT2D eigenvalue weighted by Crippen LogP contribution is -1.99. The molecular weight excluding hydrogens is 235 g/mol. The van der Waals surface area contributed by atoms with Crippen molar-refractivity contribution in [2.75, 3.05) is 0 Å². The molecule has 0 fully saturated rings. The fourth-order valence-electron chi connectivity index (χ4n) is 1.81. The molecule has 0 aliphatic heterocycles. The van der Waals surface area contributed by atoms with Crippen molar-refractivity contribution in [1.82, 2.24) is 9.78 Å². The Labute approximate surface area is 104 Å². The number of aromatic nitrogens is 2. The van der Waals surface area contributed by atoms with Crippen molar-refractivity contribution in [1.29, 1.82) is 0 Å². The van der Waals surface area contributed by atoms with E-state index in [1.807, 2.05) is 6.92 Å². The van der Waals surface area contributed by atoms with Crippen LogP contribution >= 0.6 is 0 Å². The van der Waals surface area contributed by atoms with Gasteiger partial charge in [-0.15, -0.1) is 0 Å². The van der Waals surface area contributed by atoms with E-state index in [4.69, 9.17) is 5.11 Å². The van der Waals surface area contributed by atoms with Gasteiger partial charge < -0.3 is 5.11 Å². The van der Waals surface area contributed by atoms with Gasteiger partial charge in [-0.1, -0.05) is 13.0 Å². The largest absolute Gasteiger partial charge is 0.476 e. The number of benzene rings is 1. The van der Waals surface area contributed by atoms with Crippen molar-refractivity contribution in [3.8, 4) is 11.3 Å². The van der Waals surface area contributed by atoms with Crippen LogP contribution in [0.2, 0.25) is 0 Å². The molecule has 0 amide bonds. The molecule has 5 heteroatoms. The molecule has 0 saturated heterocycles. The summed E-state index contributed by atoms with van der Waals surface area (Å²) in [5.74, 6) is -1.50. The van der Waals surface area contributed by atoms with Gasteiger partial charge in [-0.25, -0.2) is 9.18 Å². The van der Waals surface area contributed by atoms with Gasteiger partial charge in [0.25, 0.3) is 0 Å². The first-order valence-corrected chi connectivity index (χ1v) is 5.59. The van der Waals surface area contributed by atoms with Crippen molar-refractivity contribution in [2.45, 2.75) is 13.3 Å². The zero-order valence-electron chi connectivity index (χ0n) is 10.1. The molecule has 0 saturated carbocycles. The number of carboxylic acids is 1. The van der Waals surface area contributed by atoms with E-state index in [0.717, 1.165) is 12.0 Å². The van der Waals surface area contributed by atoms with E-state index in [9.17, 15) is 9.18 Å². The maximum Gasteiger partial charge on any atom is 0.356 e. The van der Waals surface area contributed by atoms with Crippen LogP contribution in [-0.2, 0) is 13.5 Å². The van der Waals surface area contributed by atoms with Gasteiger partial charge in [0.15, 0.2) is 5.69 Å². The van der Waals surface area contributed by atoms with Crippen molar-refractivity contribution >= 4 is 5.97 Å². The first kappa shape index (κ1) is 12.3. The van der Waals surface area contributed by atoms with E-state index < -0.39 is 5.97 Å². The third kappa shape index (κ3) is 2.11. The highest BCUT2D eigenvalue weighted by Crippen LogP contribution is 2.24. The van der Waals surface area contributed by atoms with Crippen LogP contribution in [-0.4, -0.2) is 20.9 Å². The lowest BCUT2D eigenvalue weighted by atomic mass is 10.1. The molecule has 4 nitrogen and oxygen atoms in total. The topological polar surface area (TPSA) is 55.1 Å². The van der Waals surface area contributed by atoms with Gasteiger partial charge in [-0.05, 0) is 30.2 Å². The molecule has 1 heterocycles. The molecule has 0 aliphatic rings. The normalized spacial score (nSPS) is 10.6. The summed E-state index contributed by atoms with van der Waals surface area (Å²) in [6.07, 6.45) is 0.789. The van der Waals surface area contributed by atoms with Crippen LogP contribution in [0.4, 0.5) is 4.39 Å². The number of carboxylic acid groups (broad SMARTS) is 1. The highest BCUT2D eigenvalue weighted by molar-refractivity contribution is 5.87. The van der Waals surface area contributed by atoms with E-state index in [1.54, 1.807) is 19.2 Å². The monoisotopic (exact) mass is 248 g/mol. The van der Waals surface area contributed by atoms with Gasteiger partial charge in [0.05, 0.1) is 5.69 Å². The summed E-state index contributed by atoms with van der Waals surface area (Å²) in [7, 11) is 1.60. The molecule has 94 valence electrons. The molecule has 0 spiro atoms. The van der Waals surface area contributed by atoms with Crippen LogP contribution in [0.1, 0.15) is 23.0 Å². The smallest absolute Gasteiger partial charge is 0.356 e. The number of halogens is 1. The van der Waals surface area contributed by atoms with Crippen molar-refractivity contribution in [3.63, 3.8) is 0 Å². The maximum absolute atomic E-state index is 13.8. The Balaban J connectivity index is 2.57. The number of carbonyl (C=O) groups is 1. The highest BCUT2D eigenvalue weighted by atomic mass is 19.1. The minimum atomic E-state index is -1.12. The number of rotatable bonds is 3. The number of hydrogen-bond donors (Lipinski definition) is 1. The van der Waals surface area contributed by atoms with Crippen molar-refractivity contribution in [2.24, 2.45) is 7.05 Å². The van der Waals surface area contributed by atoms with Crippen LogP contribution in [0.5, 0.6) is 0 Å². The average molecular weight is 248 g/mol. The van der Waals surface area contributed by atoms with E-state index in [2.05, 4.69) is 5.10 Å². The van der Waals surface area contributed by atoms with Gasteiger partial charge in [-0.3, -0.25) is 4.68 Å². The molecular formula is C13H13FN2O2. The minimum absolute atomic E-state index is 0.0891. The standard InChI is InChI=1S/C13H13FN2O2/c1-3-8-4-5-10(14)9(6-8)12-7-11(13(17)18)15-16(12)2/h4-7H,3H2,1-2H3,(H,17,18). The number of aryl methyl sites for hydroxylation is 2. The zero-order chi connectivity index (χ0) is 13.3. The summed E-state index contributed by atoms with van der Waals surface area (Å²) >= 11 is 0. The SMILES string of the molecule is CCc1ccc(F)c(-c2cc(C(=O)O)nn2C)c1. The summed E-state index contributed by atoms with van der Waals surface area (Å²) in [5.41, 5.74) is 1.73. The van der Waals surface area contributed by atoms with Gasteiger partial charge in [-0.2, -0.15) is 5.10 Å². The number of aromatic carboxylic acids is 1. The van der Waals surface area contributed by atoms with Crippen LogP contribution in [0, 0.1) is 5.82 Å². The molecule has 1 aromatic heterocycles. The zero-order valence-corrected chi connectivity index (χ0v) is 10.1. The van der Waals surface area contributed by atoms with E-state index in [-0.39, 0.29) is 11.5 Å². The predicted molar refractivity (Wildman–Crippen MR) is 64.9 cm³/mol. The van der Waals surface area contributed by atoms with Gasteiger partial charge >= 0.3 is 5.97 Å². The fourth-order valence-corrected chi connectivity index (χ4v) is 1.81. The molecule has 1 N–H and O–H groups in total. The summed E-state index contributed by atoms with van der Waals surface area (Å²) < 4.78 is 15.2. The van der Waals surface area contributed by atoms with E-state index in [1.165, 1.54) is 16.8 Å². The first-order valence-electron chi connectivity index (χ1n) is 5.59. The Kier molecular flexibility index (Phi) is 3.14. The van der Waals surface area contributed by atoms with Crippen LogP contribution in [0.15, 0.2) is 24.3 Å².